The Hall–Kier alpha value is -1.83. The largest absolute Gasteiger partial charge is 0.377 e. The molecule has 0 aromatic heterocycles. The fraction of sp³-hybridized carbons (Fsp3) is 0.538. The van der Waals surface area contributed by atoms with Gasteiger partial charge in [0.15, 0.2) is 0 Å². The first-order chi connectivity index (χ1) is 9.20. The zero-order valence-electron chi connectivity index (χ0n) is 12.1. The summed E-state index contributed by atoms with van der Waals surface area (Å²) < 4.78 is 32.5. The SMILES string of the molecule is CCCCN(C)/C(C)=C(/C(C)=C(C#N)C#N)S(=O)(=O)O. The Morgan fingerprint density at radius 3 is 2.10 bits per heavy atom. The first-order valence-corrected chi connectivity index (χ1v) is 7.55. The van der Waals surface area contributed by atoms with Gasteiger partial charge >= 0.3 is 0 Å². The van der Waals surface area contributed by atoms with Crippen LogP contribution < -0.4 is 0 Å². The number of unbranched alkanes of at least 4 members (excludes halogenated alkanes) is 1. The molecule has 0 aromatic carbocycles. The lowest BCUT2D eigenvalue weighted by molar-refractivity contribution is 0.403. The van der Waals surface area contributed by atoms with E-state index in [0.717, 1.165) is 12.8 Å². The second-order valence-corrected chi connectivity index (χ2v) is 5.75. The molecule has 0 fully saturated rings. The minimum absolute atomic E-state index is 0.0432. The molecule has 0 heterocycles. The predicted octanol–water partition coefficient (Wildman–Crippen LogP) is 2.20. The van der Waals surface area contributed by atoms with Crippen molar-refractivity contribution in [2.75, 3.05) is 13.6 Å². The lowest BCUT2D eigenvalue weighted by Crippen LogP contribution is -2.22. The molecule has 0 rings (SSSR count). The highest BCUT2D eigenvalue weighted by molar-refractivity contribution is 7.90. The fourth-order valence-electron chi connectivity index (χ4n) is 1.69. The number of rotatable bonds is 6. The summed E-state index contributed by atoms with van der Waals surface area (Å²) in [5.41, 5.74) is -0.0688. The zero-order valence-corrected chi connectivity index (χ0v) is 13.0. The third kappa shape index (κ3) is 4.69. The average molecular weight is 297 g/mol. The van der Waals surface area contributed by atoms with Gasteiger partial charge in [0.05, 0.1) is 0 Å². The zero-order chi connectivity index (χ0) is 15.9. The van der Waals surface area contributed by atoms with Gasteiger partial charge in [-0.25, -0.2) is 0 Å². The van der Waals surface area contributed by atoms with Crippen molar-refractivity contribution in [2.45, 2.75) is 33.6 Å². The quantitative estimate of drug-likeness (QED) is 0.457. The molecule has 0 atom stereocenters. The van der Waals surface area contributed by atoms with Crippen LogP contribution in [0.15, 0.2) is 21.7 Å². The van der Waals surface area contributed by atoms with Gasteiger partial charge in [0.25, 0.3) is 10.1 Å². The Morgan fingerprint density at radius 1 is 1.25 bits per heavy atom. The molecular weight excluding hydrogens is 278 g/mol. The van der Waals surface area contributed by atoms with Gasteiger partial charge in [0.2, 0.25) is 0 Å². The number of hydrogen-bond donors (Lipinski definition) is 1. The van der Waals surface area contributed by atoms with Crippen LogP contribution >= 0.6 is 0 Å². The Labute approximate surface area is 120 Å². The molecular formula is C13H19N3O3S. The molecule has 0 radical (unpaired) electrons. The van der Waals surface area contributed by atoms with Crippen LogP contribution in [0.3, 0.4) is 0 Å². The van der Waals surface area contributed by atoms with Gasteiger partial charge in [0, 0.05) is 24.9 Å². The second-order valence-electron chi connectivity index (χ2n) is 4.39. The van der Waals surface area contributed by atoms with Gasteiger partial charge in [-0.05, 0) is 20.3 Å². The van der Waals surface area contributed by atoms with Gasteiger partial charge < -0.3 is 4.90 Å². The van der Waals surface area contributed by atoms with E-state index in [9.17, 15) is 13.0 Å². The van der Waals surface area contributed by atoms with Crippen LogP contribution in [-0.2, 0) is 10.1 Å². The Kier molecular flexibility index (Phi) is 6.98. The Balaban J connectivity index is 6.05. The highest BCUT2D eigenvalue weighted by Gasteiger charge is 2.23. The average Bonchev–Trinajstić information content (AvgIpc) is 2.35. The summed E-state index contributed by atoms with van der Waals surface area (Å²) in [5.74, 6) is 0. The Morgan fingerprint density at radius 2 is 1.75 bits per heavy atom. The molecule has 7 heteroatoms. The van der Waals surface area contributed by atoms with E-state index in [1.54, 1.807) is 24.1 Å². The third-order valence-electron chi connectivity index (χ3n) is 2.95. The standard InChI is InChI=1S/C13H19N3O3S/c1-5-6-7-16(4)11(3)13(20(17,18)19)10(2)12(8-14)9-15/h5-7H2,1-4H3,(H,17,18,19)/b13-11-. The van der Waals surface area contributed by atoms with E-state index in [4.69, 9.17) is 10.5 Å². The minimum Gasteiger partial charge on any atom is -0.377 e. The molecule has 20 heavy (non-hydrogen) atoms. The molecule has 1 N–H and O–H groups in total. The molecule has 0 aliphatic carbocycles. The monoisotopic (exact) mass is 297 g/mol. The highest BCUT2D eigenvalue weighted by atomic mass is 32.2. The van der Waals surface area contributed by atoms with Crippen molar-refractivity contribution in [3.63, 3.8) is 0 Å². The summed E-state index contributed by atoms with van der Waals surface area (Å²) in [6, 6.07) is 3.26. The van der Waals surface area contributed by atoms with Gasteiger partial charge in [-0.1, -0.05) is 13.3 Å². The summed E-state index contributed by atoms with van der Waals surface area (Å²) in [4.78, 5) is 1.30. The van der Waals surface area contributed by atoms with E-state index in [2.05, 4.69) is 0 Å². The summed E-state index contributed by atoms with van der Waals surface area (Å²) in [6.07, 6.45) is 1.80. The van der Waals surface area contributed by atoms with E-state index < -0.39 is 10.1 Å². The van der Waals surface area contributed by atoms with E-state index in [1.807, 2.05) is 6.92 Å². The summed E-state index contributed by atoms with van der Waals surface area (Å²) in [5, 5.41) is 17.7. The van der Waals surface area contributed by atoms with E-state index >= 15 is 0 Å². The number of hydrogen-bond acceptors (Lipinski definition) is 5. The molecule has 0 aliphatic rings. The number of nitriles is 2. The summed E-state index contributed by atoms with van der Waals surface area (Å²) in [7, 11) is -2.82. The molecule has 0 aromatic rings. The molecule has 0 spiro atoms. The van der Waals surface area contributed by atoms with Crippen molar-refractivity contribution >= 4 is 10.1 Å². The smallest absolute Gasteiger partial charge is 0.296 e. The van der Waals surface area contributed by atoms with Gasteiger partial charge in [-0.3, -0.25) is 4.55 Å². The molecule has 0 saturated carbocycles. The lowest BCUT2D eigenvalue weighted by Gasteiger charge is -2.22. The van der Waals surface area contributed by atoms with E-state index in [1.165, 1.54) is 13.8 Å². The number of nitrogens with zero attached hydrogens (tertiary/aromatic N) is 3. The number of allylic oxidation sites excluding steroid dienone is 3. The topological polar surface area (TPSA) is 105 Å². The maximum Gasteiger partial charge on any atom is 0.296 e. The maximum atomic E-state index is 11.5. The molecule has 0 aliphatic heterocycles. The molecule has 0 bridgehead atoms. The van der Waals surface area contributed by atoms with Crippen molar-refractivity contribution in [2.24, 2.45) is 0 Å². The predicted molar refractivity (Wildman–Crippen MR) is 75.7 cm³/mol. The molecule has 110 valence electrons. The van der Waals surface area contributed by atoms with Gasteiger partial charge in [0.1, 0.15) is 22.6 Å². The summed E-state index contributed by atoms with van der Waals surface area (Å²) >= 11 is 0. The van der Waals surface area contributed by atoms with Crippen molar-refractivity contribution in [3.8, 4) is 12.1 Å². The van der Waals surface area contributed by atoms with Crippen molar-refractivity contribution in [1.82, 2.24) is 4.90 Å². The van der Waals surface area contributed by atoms with Crippen molar-refractivity contribution in [3.05, 3.63) is 21.7 Å². The molecule has 0 unspecified atom stereocenters. The van der Waals surface area contributed by atoms with E-state index in [-0.39, 0.29) is 16.1 Å². The summed E-state index contributed by atoms with van der Waals surface area (Å²) in [6.45, 7) is 5.49. The van der Waals surface area contributed by atoms with Crippen LogP contribution in [0.5, 0.6) is 0 Å². The van der Waals surface area contributed by atoms with Crippen LogP contribution in [0.4, 0.5) is 0 Å². The lowest BCUT2D eigenvalue weighted by atomic mass is 10.1. The first kappa shape index (κ1) is 18.2. The second kappa shape index (κ2) is 7.68. The van der Waals surface area contributed by atoms with Crippen LogP contribution in [-0.4, -0.2) is 31.5 Å². The van der Waals surface area contributed by atoms with E-state index in [0.29, 0.717) is 12.2 Å². The Bertz CT molecular complexity index is 588. The van der Waals surface area contributed by atoms with Crippen LogP contribution in [0.1, 0.15) is 33.6 Å². The van der Waals surface area contributed by atoms with Crippen LogP contribution in [0.25, 0.3) is 0 Å². The fourth-order valence-corrected chi connectivity index (χ4v) is 2.71. The minimum atomic E-state index is -4.52. The molecule has 6 nitrogen and oxygen atoms in total. The normalized spacial score (nSPS) is 11.9. The van der Waals surface area contributed by atoms with Gasteiger partial charge in [-0.15, -0.1) is 0 Å². The third-order valence-corrected chi connectivity index (χ3v) is 4.06. The maximum absolute atomic E-state index is 11.5. The van der Waals surface area contributed by atoms with Crippen molar-refractivity contribution < 1.29 is 13.0 Å². The van der Waals surface area contributed by atoms with Crippen molar-refractivity contribution in [1.29, 1.82) is 10.5 Å². The van der Waals surface area contributed by atoms with Crippen LogP contribution in [0.2, 0.25) is 0 Å². The van der Waals surface area contributed by atoms with Crippen LogP contribution in [0, 0.1) is 22.7 Å². The molecule has 0 saturated heterocycles. The molecule has 0 amide bonds. The van der Waals surface area contributed by atoms with Gasteiger partial charge in [-0.2, -0.15) is 18.9 Å². The first-order valence-electron chi connectivity index (χ1n) is 6.11. The highest BCUT2D eigenvalue weighted by Crippen LogP contribution is 2.24.